The van der Waals surface area contributed by atoms with Crippen LogP contribution in [-0.2, 0) is 9.53 Å². The lowest BCUT2D eigenvalue weighted by molar-refractivity contribution is -0.343. The minimum Gasteiger partial charge on any atom is -0.444 e. The zero-order valence-corrected chi connectivity index (χ0v) is 15.1. The first-order chi connectivity index (χ1) is 12.8. The van der Waals surface area contributed by atoms with Gasteiger partial charge in [0.05, 0.1) is 6.54 Å². The first kappa shape index (κ1) is 22.5. The number of ether oxygens (including phenoxy) is 1. The Morgan fingerprint density at radius 2 is 1.61 bits per heavy atom. The zero-order chi connectivity index (χ0) is 21.3. The number of amides is 2. The second kappa shape index (κ2) is 7.94. The van der Waals surface area contributed by atoms with Crippen molar-refractivity contribution in [2.75, 3.05) is 19.6 Å². The molecule has 12 heteroatoms. The summed E-state index contributed by atoms with van der Waals surface area (Å²) in [5.74, 6) is -0.982. The van der Waals surface area contributed by atoms with E-state index in [0.29, 0.717) is 25.8 Å². The fourth-order valence-electron chi connectivity index (χ4n) is 3.36. The molecule has 162 valence electrons. The van der Waals surface area contributed by atoms with E-state index in [1.807, 2.05) is 6.92 Å². The molecule has 0 aromatic rings. The first-order valence-electron chi connectivity index (χ1n) is 8.87. The van der Waals surface area contributed by atoms with Crippen LogP contribution in [0.15, 0.2) is 0 Å². The van der Waals surface area contributed by atoms with E-state index in [-0.39, 0.29) is 25.2 Å². The number of hydrogen-bond donors (Lipinski definition) is 0. The smallest absolute Gasteiger partial charge is 0.431 e. The van der Waals surface area contributed by atoms with Gasteiger partial charge in [-0.1, -0.05) is 6.92 Å². The van der Waals surface area contributed by atoms with Crippen LogP contribution in [0, 0.1) is 0 Å². The summed E-state index contributed by atoms with van der Waals surface area (Å²) in [4.78, 5) is 26.5. The van der Waals surface area contributed by atoms with Gasteiger partial charge >= 0.3 is 18.4 Å². The minimum absolute atomic E-state index is 0.0569. The molecule has 2 aliphatic rings. The van der Waals surface area contributed by atoms with Crippen LogP contribution in [-0.4, -0.2) is 71.6 Å². The Morgan fingerprint density at radius 1 is 1.07 bits per heavy atom. The third kappa shape index (κ3) is 4.45. The molecule has 5 nitrogen and oxygen atoms in total. The fourth-order valence-corrected chi connectivity index (χ4v) is 3.36. The Labute approximate surface area is 156 Å². The third-order valence-electron chi connectivity index (χ3n) is 5.20. The number of halogens is 7. The number of piperidine rings is 1. The van der Waals surface area contributed by atoms with E-state index < -0.39 is 42.9 Å². The number of alkyl halides is 7. The van der Waals surface area contributed by atoms with Crippen LogP contribution >= 0.6 is 0 Å². The van der Waals surface area contributed by atoms with Gasteiger partial charge in [0.25, 0.3) is 5.67 Å². The summed E-state index contributed by atoms with van der Waals surface area (Å²) >= 11 is 0. The largest absolute Gasteiger partial charge is 0.444 e. The predicted molar refractivity (Wildman–Crippen MR) is 82.1 cm³/mol. The summed E-state index contributed by atoms with van der Waals surface area (Å²) in [6.07, 6.45) is -15.0. The van der Waals surface area contributed by atoms with Crippen LogP contribution in [0.4, 0.5) is 35.5 Å². The maximum atomic E-state index is 13.6. The molecule has 1 atom stereocenters. The molecule has 28 heavy (non-hydrogen) atoms. The first-order valence-corrected chi connectivity index (χ1v) is 8.87. The Balaban J connectivity index is 1.89. The molecule has 0 aromatic carbocycles. The van der Waals surface area contributed by atoms with Crippen molar-refractivity contribution in [1.82, 2.24) is 9.80 Å². The van der Waals surface area contributed by atoms with Crippen molar-refractivity contribution in [3.8, 4) is 0 Å². The van der Waals surface area contributed by atoms with Gasteiger partial charge in [-0.2, -0.15) is 26.3 Å². The second-order valence-corrected chi connectivity index (χ2v) is 6.98. The highest BCUT2D eigenvalue weighted by Crippen LogP contribution is 2.49. The molecular weight excluding hydrogens is 401 g/mol. The van der Waals surface area contributed by atoms with Crippen molar-refractivity contribution < 1.29 is 45.1 Å². The van der Waals surface area contributed by atoms with Crippen LogP contribution in [0.2, 0.25) is 0 Å². The maximum absolute atomic E-state index is 13.6. The van der Waals surface area contributed by atoms with E-state index in [1.54, 1.807) is 0 Å². The number of cyclic esters (lactones) is 1. The second-order valence-electron chi connectivity index (χ2n) is 6.98. The Hall–Kier alpha value is -1.75. The van der Waals surface area contributed by atoms with Gasteiger partial charge < -0.3 is 14.5 Å². The number of hydrogen-bond acceptors (Lipinski definition) is 3. The molecule has 0 bridgehead atoms. The number of nitrogens with zero attached hydrogens (tertiary/aromatic N) is 2. The molecule has 0 saturated carbocycles. The SMILES string of the molecule is CCC1CN(C2CCN(C(=O)CCC(F)(C(F)(F)F)C(F)(F)F)CC2)C(=O)O1. The van der Waals surface area contributed by atoms with Crippen molar-refractivity contribution in [2.24, 2.45) is 0 Å². The van der Waals surface area contributed by atoms with Crippen LogP contribution in [0.3, 0.4) is 0 Å². The molecule has 2 amide bonds. The molecule has 2 saturated heterocycles. The van der Waals surface area contributed by atoms with Gasteiger partial charge in [0.15, 0.2) is 0 Å². The number of carbonyl (C=O) groups excluding carboxylic acids is 2. The molecule has 1 unspecified atom stereocenters. The molecule has 0 N–H and O–H groups in total. The van der Waals surface area contributed by atoms with Gasteiger partial charge in [-0.25, -0.2) is 9.18 Å². The van der Waals surface area contributed by atoms with E-state index in [0.717, 1.165) is 4.90 Å². The van der Waals surface area contributed by atoms with E-state index in [2.05, 4.69) is 0 Å². The number of likely N-dealkylation sites (tertiary alicyclic amines) is 1. The molecule has 2 rings (SSSR count). The van der Waals surface area contributed by atoms with Gasteiger partial charge in [0.1, 0.15) is 6.10 Å². The Bertz CT molecular complexity index is 572. The van der Waals surface area contributed by atoms with Crippen LogP contribution in [0.25, 0.3) is 0 Å². The van der Waals surface area contributed by atoms with Crippen molar-refractivity contribution in [2.45, 2.75) is 69.2 Å². The average molecular weight is 422 g/mol. The van der Waals surface area contributed by atoms with Gasteiger partial charge in [-0.15, -0.1) is 0 Å². The lowest BCUT2D eigenvalue weighted by Gasteiger charge is -2.36. The monoisotopic (exact) mass is 422 g/mol. The lowest BCUT2D eigenvalue weighted by atomic mass is 9.97. The third-order valence-corrected chi connectivity index (χ3v) is 5.20. The predicted octanol–water partition coefficient (Wildman–Crippen LogP) is 3.82. The van der Waals surface area contributed by atoms with Gasteiger partial charge in [0, 0.05) is 32.0 Å². The normalized spacial score (nSPS) is 22.6. The molecule has 0 spiro atoms. The molecule has 0 aliphatic carbocycles. The lowest BCUT2D eigenvalue weighted by Crippen LogP contribution is -2.54. The Morgan fingerprint density at radius 3 is 2.04 bits per heavy atom. The maximum Gasteiger partial charge on any atom is 0.431 e. The zero-order valence-electron chi connectivity index (χ0n) is 15.1. The molecule has 0 aromatic heterocycles. The Kier molecular flexibility index (Phi) is 6.39. The highest BCUT2D eigenvalue weighted by atomic mass is 19.4. The summed E-state index contributed by atoms with van der Waals surface area (Å²) in [6, 6.07) is -0.223. The fraction of sp³-hybridized carbons (Fsp3) is 0.875. The van der Waals surface area contributed by atoms with Gasteiger partial charge in [-0.3, -0.25) is 4.79 Å². The quantitative estimate of drug-likeness (QED) is 0.633. The molecule has 2 aliphatic heterocycles. The summed E-state index contributed by atoms with van der Waals surface area (Å²) in [6.45, 7) is 2.37. The molecular formula is C16H21F7N2O3. The van der Waals surface area contributed by atoms with Crippen molar-refractivity contribution in [3.63, 3.8) is 0 Å². The standard InChI is InChI=1S/C16H21F7N2O3/c1-2-11-9-25(13(27)28-11)10-4-7-24(8-5-10)12(26)3-6-14(17,15(18,19)20)16(21,22)23/h10-11H,2-9H2,1H3. The number of rotatable bonds is 5. The van der Waals surface area contributed by atoms with E-state index in [4.69, 9.17) is 4.74 Å². The summed E-state index contributed by atoms with van der Waals surface area (Å²) in [5.41, 5.74) is -5.43. The van der Waals surface area contributed by atoms with Crippen molar-refractivity contribution >= 4 is 12.0 Å². The van der Waals surface area contributed by atoms with E-state index in [9.17, 15) is 40.3 Å². The molecule has 2 heterocycles. The van der Waals surface area contributed by atoms with Crippen molar-refractivity contribution in [1.29, 1.82) is 0 Å². The van der Waals surface area contributed by atoms with Crippen LogP contribution < -0.4 is 0 Å². The minimum atomic E-state index is -6.16. The highest BCUT2D eigenvalue weighted by Gasteiger charge is 2.72. The van der Waals surface area contributed by atoms with Gasteiger partial charge in [-0.05, 0) is 19.3 Å². The van der Waals surface area contributed by atoms with E-state index >= 15 is 0 Å². The molecule has 2 fully saturated rings. The summed E-state index contributed by atoms with van der Waals surface area (Å²) in [7, 11) is 0. The van der Waals surface area contributed by atoms with E-state index in [1.165, 1.54) is 4.90 Å². The van der Waals surface area contributed by atoms with Crippen molar-refractivity contribution in [3.05, 3.63) is 0 Å². The molecule has 0 radical (unpaired) electrons. The summed E-state index contributed by atoms with van der Waals surface area (Å²) in [5, 5.41) is 0. The van der Waals surface area contributed by atoms with Gasteiger partial charge in [0.2, 0.25) is 5.91 Å². The van der Waals surface area contributed by atoms with Crippen LogP contribution in [0.5, 0.6) is 0 Å². The van der Waals surface area contributed by atoms with Crippen LogP contribution in [0.1, 0.15) is 39.0 Å². The number of carbonyl (C=O) groups is 2. The topological polar surface area (TPSA) is 49.9 Å². The summed E-state index contributed by atoms with van der Waals surface area (Å²) < 4.78 is 94.0. The highest BCUT2D eigenvalue weighted by molar-refractivity contribution is 5.76. The average Bonchev–Trinajstić information content (AvgIpc) is 2.98.